The molecule has 2 N–H and O–H groups in total. The average molecular weight is 330 g/mol. The Bertz CT molecular complexity index is 728. The fourth-order valence-corrected chi connectivity index (χ4v) is 3.31. The fourth-order valence-electron chi connectivity index (χ4n) is 3.31. The molecule has 0 saturated carbocycles. The molecule has 24 heavy (non-hydrogen) atoms. The lowest BCUT2D eigenvalue weighted by Gasteiger charge is -2.29. The molecule has 1 fully saturated rings. The number of carbonyl (C=O) groups excluding carboxylic acids is 3. The van der Waals surface area contributed by atoms with Crippen molar-refractivity contribution in [2.75, 3.05) is 0 Å². The second-order valence-electron chi connectivity index (χ2n) is 6.09. The molecule has 2 heterocycles. The van der Waals surface area contributed by atoms with E-state index < -0.39 is 17.9 Å². The zero-order valence-electron chi connectivity index (χ0n) is 13.1. The summed E-state index contributed by atoms with van der Waals surface area (Å²) in [7, 11) is 0. The maximum absolute atomic E-state index is 12.6. The molecular formula is C17H18N2O5. The van der Waals surface area contributed by atoms with Crippen molar-refractivity contribution in [2.45, 2.75) is 44.7 Å². The lowest BCUT2D eigenvalue weighted by molar-refractivity contribution is -0.138. The van der Waals surface area contributed by atoms with Crippen LogP contribution in [0.25, 0.3) is 0 Å². The number of carbonyl (C=O) groups is 4. The summed E-state index contributed by atoms with van der Waals surface area (Å²) in [5.41, 5.74) is 2.36. The Hall–Kier alpha value is -2.70. The Kier molecular flexibility index (Phi) is 4.33. The molecule has 126 valence electrons. The van der Waals surface area contributed by atoms with Crippen LogP contribution in [0.4, 0.5) is 0 Å². The van der Waals surface area contributed by atoms with Crippen molar-refractivity contribution in [2.24, 2.45) is 0 Å². The summed E-state index contributed by atoms with van der Waals surface area (Å²) in [5, 5.41) is 11.0. The number of hydrogen-bond acceptors (Lipinski definition) is 4. The molecule has 2 aliphatic heterocycles. The van der Waals surface area contributed by atoms with Gasteiger partial charge in [-0.05, 0) is 36.5 Å². The van der Waals surface area contributed by atoms with Gasteiger partial charge in [0.05, 0.1) is 0 Å². The van der Waals surface area contributed by atoms with Crippen molar-refractivity contribution in [1.82, 2.24) is 10.2 Å². The van der Waals surface area contributed by atoms with Crippen molar-refractivity contribution in [1.29, 1.82) is 0 Å². The highest BCUT2D eigenvalue weighted by atomic mass is 16.4. The normalized spacial score (nSPS) is 20.1. The van der Waals surface area contributed by atoms with E-state index in [-0.39, 0.29) is 24.7 Å². The largest absolute Gasteiger partial charge is 0.481 e. The fraction of sp³-hybridized carbons (Fsp3) is 0.412. The van der Waals surface area contributed by atoms with Gasteiger partial charge in [0.1, 0.15) is 6.04 Å². The van der Waals surface area contributed by atoms with E-state index in [0.29, 0.717) is 31.4 Å². The minimum absolute atomic E-state index is 0.0778. The van der Waals surface area contributed by atoms with E-state index >= 15 is 0 Å². The minimum atomic E-state index is -0.844. The highest BCUT2D eigenvalue weighted by molar-refractivity contribution is 6.05. The number of carboxylic acid groups (broad SMARTS) is 1. The van der Waals surface area contributed by atoms with Crippen molar-refractivity contribution in [3.63, 3.8) is 0 Å². The molecule has 2 aliphatic rings. The molecule has 3 amide bonds. The third-order valence-corrected chi connectivity index (χ3v) is 4.52. The second kappa shape index (κ2) is 6.43. The second-order valence-corrected chi connectivity index (χ2v) is 6.09. The van der Waals surface area contributed by atoms with Crippen LogP contribution in [-0.4, -0.2) is 39.7 Å². The van der Waals surface area contributed by atoms with E-state index in [2.05, 4.69) is 5.32 Å². The van der Waals surface area contributed by atoms with Crippen LogP contribution in [-0.2, 0) is 27.3 Å². The van der Waals surface area contributed by atoms with Crippen LogP contribution in [0, 0.1) is 0 Å². The number of benzene rings is 1. The summed E-state index contributed by atoms with van der Waals surface area (Å²) in [5.74, 6) is -1.79. The van der Waals surface area contributed by atoms with Crippen LogP contribution in [0.3, 0.4) is 0 Å². The summed E-state index contributed by atoms with van der Waals surface area (Å²) in [4.78, 5) is 48.1. The summed E-state index contributed by atoms with van der Waals surface area (Å²) in [6.07, 6.45) is 1.71. The molecule has 0 bridgehead atoms. The number of imide groups is 1. The number of rotatable bonds is 5. The lowest BCUT2D eigenvalue weighted by atomic mass is 9.99. The molecular weight excluding hydrogens is 312 g/mol. The number of hydrogen-bond donors (Lipinski definition) is 2. The van der Waals surface area contributed by atoms with Crippen LogP contribution in [0.5, 0.6) is 0 Å². The van der Waals surface area contributed by atoms with Crippen LogP contribution < -0.4 is 5.32 Å². The topological polar surface area (TPSA) is 104 Å². The number of amides is 3. The predicted octanol–water partition coefficient (Wildman–Crippen LogP) is 0.855. The smallest absolute Gasteiger partial charge is 0.303 e. The van der Waals surface area contributed by atoms with Gasteiger partial charge >= 0.3 is 5.97 Å². The maximum Gasteiger partial charge on any atom is 0.303 e. The molecule has 3 rings (SSSR count). The number of piperidine rings is 1. The predicted molar refractivity (Wildman–Crippen MR) is 83.1 cm³/mol. The first kappa shape index (κ1) is 16.2. The third-order valence-electron chi connectivity index (χ3n) is 4.52. The molecule has 0 aliphatic carbocycles. The van der Waals surface area contributed by atoms with Crippen LogP contribution >= 0.6 is 0 Å². The summed E-state index contributed by atoms with van der Waals surface area (Å²) in [6.45, 7) is 0.323. The number of aryl methyl sites for hydroxylation is 1. The number of nitrogens with one attached hydrogen (secondary N) is 1. The van der Waals surface area contributed by atoms with Gasteiger partial charge < -0.3 is 10.0 Å². The number of fused-ring (bicyclic) bond motifs is 1. The van der Waals surface area contributed by atoms with Gasteiger partial charge in [0.25, 0.3) is 5.91 Å². The molecule has 1 aromatic rings. The van der Waals surface area contributed by atoms with Gasteiger partial charge in [-0.3, -0.25) is 24.5 Å². The van der Waals surface area contributed by atoms with Gasteiger partial charge in [0, 0.05) is 24.9 Å². The molecule has 1 unspecified atom stereocenters. The van der Waals surface area contributed by atoms with Gasteiger partial charge in [-0.15, -0.1) is 0 Å². The minimum Gasteiger partial charge on any atom is -0.481 e. The molecule has 7 nitrogen and oxygen atoms in total. The highest BCUT2D eigenvalue weighted by Crippen LogP contribution is 2.30. The zero-order chi connectivity index (χ0) is 17.3. The third kappa shape index (κ3) is 3.02. The summed E-state index contributed by atoms with van der Waals surface area (Å²) < 4.78 is 0. The highest BCUT2D eigenvalue weighted by Gasteiger charge is 2.39. The number of aliphatic carboxylic acids is 1. The Morgan fingerprint density at radius 3 is 2.79 bits per heavy atom. The monoisotopic (exact) mass is 330 g/mol. The number of nitrogens with zero attached hydrogens (tertiary/aromatic N) is 1. The summed E-state index contributed by atoms with van der Waals surface area (Å²) >= 11 is 0. The van der Waals surface area contributed by atoms with E-state index in [4.69, 9.17) is 5.11 Å². The molecule has 0 aromatic heterocycles. The SMILES string of the molecule is O=C(O)CCCc1cccc2c1CN(C1CCC(=O)NC1=O)C2=O. The number of carboxylic acids is 1. The molecule has 7 heteroatoms. The first-order valence-electron chi connectivity index (χ1n) is 7.94. The first-order valence-corrected chi connectivity index (χ1v) is 7.94. The quantitative estimate of drug-likeness (QED) is 0.779. The van der Waals surface area contributed by atoms with E-state index in [1.54, 1.807) is 12.1 Å². The van der Waals surface area contributed by atoms with Crippen LogP contribution in [0.15, 0.2) is 18.2 Å². The Morgan fingerprint density at radius 2 is 2.08 bits per heavy atom. The Morgan fingerprint density at radius 1 is 1.29 bits per heavy atom. The van der Waals surface area contributed by atoms with Gasteiger partial charge in [0.15, 0.2) is 0 Å². The molecule has 0 radical (unpaired) electrons. The van der Waals surface area contributed by atoms with Gasteiger partial charge in [-0.25, -0.2) is 0 Å². The first-order chi connectivity index (χ1) is 11.5. The van der Waals surface area contributed by atoms with Crippen molar-refractivity contribution >= 4 is 23.7 Å². The van der Waals surface area contributed by atoms with E-state index in [1.807, 2.05) is 6.07 Å². The molecule has 1 saturated heterocycles. The summed E-state index contributed by atoms with van der Waals surface area (Å²) in [6, 6.07) is 4.77. The van der Waals surface area contributed by atoms with Crippen LogP contribution in [0.1, 0.15) is 47.2 Å². The van der Waals surface area contributed by atoms with Crippen LogP contribution in [0.2, 0.25) is 0 Å². The maximum atomic E-state index is 12.6. The van der Waals surface area contributed by atoms with Gasteiger partial charge in [-0.1, -0.05) is 12.1 Å². The average Bonchev–Trinajstić information content (AvgIpc) is 2.85. The van der Waals surface area contributed by atoms with Crippen molar-refractivity contribution in [3.8, 4) is 0 Å². The zero-order valence-corrected chi connectivity index (χ0v) is 13.1. The Labute approximate surface area is 138 Å². The van der Waals surface area contributed by atoms with Gasteiger partial charge in [-0.2, -0.15) is 0 Å². The van der Waals surface area contributed by atoms with E-state index in [9.17, 15) is 19.2 Å². The molecule has 1 aromatic carbocycles. The van der Waals surface area contributed by atoms with Crippen molar-refractivity contribution < 1.29 is 24.3 Å². The Balaban J connectivity index is 1.78. The molecule has 0 spiro atoms. The lowest BCUT2D eigenvalue weighted by Crippen LogP contribution is -2.52. The standard InChI is InChI=1S/C17H18N2O5/c20-14-8-7-13(16(23)18-14)19-9-12-10(4-2-6-15(21)22)3-1-5-11(12)17(19)24/h1,3,5,13H,2,4,6-9H2,(H,21,22)(H,18,20,23). The molecule has 1 atom stereocenters. The van der Waals surface area contributed by atoms with Crippen molar-refractivity contribution in [3.05, 3.63) is 34.9 Å². The van der Waals surface area contributed by atoms with E-state index in [0.717, 1.165) is 11.1 Å². The van der Waals surface area contributed by atoms with Gasteiger partial charge in [0.2, 0.25) is 11.8 Å². The van der Waals surface area contributed by atoms with E-state index in [1.165, 1.54) is 4.90 Å².